The van der Waals surface area contributed by atoms with Crippen molar-refractivity contribution in [1.29, 1.82) is 0 Å². The van der Waals surface area contributed by atoms with Gasteiger partial charge < -0.3 is 10.4 Å². The highest BCUT2D eigenvalue weighted by molar-refractivity contribution is 5.46. The number of nitrogens with zero attached hydrogens (tertiary/aromatic N) is 1. The Morgan fingerprint density at radius 2 is 1.67 bits per heavy atom. The quantitative estimate of drug-likeness (QED) is 0.879. The molecule has 21 heavy (non-hydrogen) atoms. The summed E-state index contributed by atoms with van der Waals surface area (Å²) in [4.78, 5) is 2.50. The fourth-order valence-corrected chi connectivity index (χ4v) is 2.78. The van der Waals surface area contributed by atoms with Crippen molar-refractivity contribution in [3.8, 4) is 5.75 Å². The average molecular weight is 282 g/mol. The molecule has 0 saturated carbocycles. The number of phenolic OH excluding ortho intramolecular Hbond substituents is 1. The Bertz CT molecular complexity index is 574. The second-order valence-corrected chi connectivity index (χ2v) is 5.66. The van der Waals surface area contributed by atoms with Gasteiger partial charge in [-0.15, -0.1) is 0 Å². The monoisotopic (exact) mass is 282 g/mol. The molecule has 1 heterocycles. The molecule has 1 saturated heterocycles. The third-order valence-electron chi connectivity index (χ3n) is 4.03. The highest BCUT2D eigenvalue weighted by Crippen LogP contribution is 2.19. The van der Waals surface area contributed by atoms with Crippen LogP contribution in [-0.4, -0.2) is 23.1 Å². The van der Waals surface area contributed by atoms with Gasteiger partial charge in [0.25, 0.3) is 0 Å². The van der Waals surface area contributed by atoms with Gasteiger partial charge in [0.1, 0.15) is 5.75 Å². The molecule has 0 aliphatic carbocycles. The summed E-state index contributed by atoms with van der Waals surface area (Å²) in [6.45, 7) is 4.15. The van der Waals surface area contributed by atoms with E-state index in [1.54, 1.807) is 6.07 Å². The molecule has 1 aliphatic heterocycles. The van der Waals surface area contributed by atoms with Crippen molar-refractivity contribution in [2.45, 2.75) is 25.9 Å². The number of nitrogens with one attached hydrogen (secondary N) is 1. The van der Waals surface area contributed by atoms with Gasteiger partial charge in [-0.25, -0.2) is 0 Å². The van der Waals surface area contributed by atoms with Crippen LogP contribution in [0.1, 0.15) is 24.0 Å². The molecule has 0 amide bonds. The molecule has 1 fully saturated rings. The molecular weight excluding hydrogens is 260 g/mol. The van der Waals surface area contributed by atoms with Crippen LogP contribution in [0.25, 0.3) is 0 Å². The molecule has 0 spiro atoms. The minimum Gasteiger partial charge on any atom is -0.508 e. The second-order valence-electron chi connectivity index (χ2n) is 5.66. The molecule has 0 radical (unpaired) electrons. The lowest BCUT2D eigenvalue weighted by molar-refractivity contribution is 0.331. The number of likely N-dealkylation sites (tertiary alicyclic amines) is 1. The van der Waals surface area contributed by atoms with Crippen molar-refractivity contribution >= 4 is 5.69 Å². The molecule has 3 nitrogen and oxygen atoms in total. The number of anilines is 1. The van der Waals surface area contributed by atoms with Crippen molar-refractivity contribution in [3.63, 3.8) is 0 Å². The molecule has 0 atom stereocenters. The Hall–Kier alpha value is -2.00. The predicted octanol–water partition coefficient (Wildman–Crippen LogP) is 3.60. The van der Waals surface area contributed by atoms with Crippen molar-refractivity contribution in [3.05, 3.63) is 59.7 Å². The molecule has 0 unspecified atom stereocenters. The van der Waals surface area contributed by atoms with Crippen LogP contribution >= 0.6 is 0 Å². The maximum Gasteiger partial charge on any atom is 0.120 e. The van der Waals surface area contributed by atoms with Gasteiger partial charge in [0, 0.05) is 24.3 Å². The molecule has 2 aromatic rings. The lowest BCUT2D eigenvalue weighted by atomic mass is 10.1. The number of benzene rings is 2. The van der Waals surface area contributed by atoms with Gasteiger partial charge in [0.05, 0.1) is 0 Å². The first-order chi connectivity index (χ1) is 10.3. The summed E-state index contributed by atoms with van der Waals surface area (Å²) >= 11 is 0. The van der Waals surface area contributed by atoms with E-state index < -0.39 is 0 Å². The number of phenols is 1. The minimum absolute atomic E-state index is 0.343. The first-order valence-electron chi connectivity index (χ1n) is 7.63. The lowest BCUT2D eigenvalue weighted by Gasteiger charge is -2.15. The Morgan fingerprint density at radius 3 is 2.38 bits per heavy atom. The molecule has 2 aromatic carbocycles. The van der Waals surface area contributed by atoms with E-state index in [1.807, 2.05) is 18.2 Å². The summed E-state index contributed by atoms with van der Waals surface area (Å²) in [5.74, 6) is 0.343. The fraction of sp³-hybridized carbons (Fsp3) is 0.333. The van der Waals surface area contributed by atoms with E-state index in [0.717, 1.165) is 17.8 Å². The second kappa shape index (κ2) is 6.64. The van der Waals surface area contributed by atoms with Crippen molar-refractivity contribution < 1.29 is 5.11 Å². The van der Waals surface area contributed by atoms with E-state index in [0.29, 0.717) is 12.3 Å². The Kier molecular flexibility index (Phi) is 4.41. The van der Waals surface area contributed by atoms with E-state index in [-0.39, 0.29) is 0 Å². The van der Waals surface area contributed by atoms with Crippen LogP contribution in [0.5, 0.6) is 5.75 Å². The molecule has 110 valence electrons. The smallest absolute Gasteiger partial charge is 0.120 e. The van der Waals surface area contributed by atoms with Gasteiger partial charge in [0.15, 0.2) is 0 Å². The number of hydrogen-bond acceptors (Lipinski definition) is 3. The lowest BCUT2D eigenvalue weighted by Crippen LogP contribution is -2.18. The maximum atomic E-state index is 9.75. The maximum absolute atomic E-state index is 9.75. The molecule has 3 rings (SSSR count). The van der Waals surface area contributed by atoms with Crippen molar-refractivity contribution in [2.24, 2.45) is 0 Å². The van der Waals surface area contributed by atoms with Crippen molar-refractivity contribution in [1.82, 2.24) is 4.90 Å². The highest BCUT2D eigenvalue weighted by Gasteiger charge is 2.11. The summed E-state index contributed by atoms with van der Waals surface area (Å²) in [7, 11) is 0. The van der Waals surface area contributed by atoms with Crippen LogP contribution in [0.15, 0.2) is 48.5 Å². The van der Waals surface area contributed by atoms with Crippen LogP contribution < -0.4 is 5.32 Å². The molecule has 0 aromatic heterocycles. The standard InChI is InChI=1S/C18H22N2O/c21-18-6-2-1-5-16(18)13-19-17-9-7-15(8-10-17)14-20-11-3-4-12-20/h1-2,5-10,19,21H,3-4,11-14H2. The Balaban J connectivity index is 1.55. The summed E-state index contributed by atoms with van der Waals surface area (Å²) in [6.07, 6.45) is 2.67. The summed E-state index contributed by atoms with van der Waals surface area (Å²) in [6, 6.07) is 16.0. The van der Waals surface area contributed by atoms with Crippen LogP contribution in [0.3, 0.4) is 0 Å². The van der Waals surface area contributed by atoms with Gasteiger partial charge in [0.2, 0.25) is 0 Å². The number of rotatable bonds is 5. The molecular formula is C18H22N2O. The normalized spacial score (nSPS) is 15.2. The van der Waals surface area contributed by atoms with E-state index in [4.69, 9.17) is 0 Å². The van der Waals surface area contributed by atoms with E-state index in [2.05, 4.69) is 34.5 Å². The highest BCUT2D eigenvalue weighted by atomic mass is 16.3. The fourth-order valence-electron chi connectivity index (χ4n) is 2.78. The topological polar surface area (TPSA) is 35.5 Å². The first-order valence-corrected chi connectivity index (χ1v) is 7.63. The van der Waals surface area contributed by atoms with E-state index in [1.165, 1.54) is 31.5 Å². The van der Waals surface area contributed by atoms with Crippen LogP contribution in [-0.2, 0) is 13.1 Å². The molecule has 2 N–H and O–H groups in total. The van der Waals surface area contributed by atoms with Crippen LogP contribution in [0.4, 0.5) is 5.69 Å². The molecule has 1 aliphatic rings. The number of aromatic hydroxyl groups is 1. The Labute approximate surface area is 126 Å². The average Bonchev–Trinajstić information content (AvgIpc) is 3.01. The van der Waals surface area contributed by atoms with Gasteiger partial charge in [-0.3, -0.25) is 4.90 Å². The number of para-hydroxylation sites is 1. The number of hydrogen-bond donors (Lipinski definition) is 2. The van der Waals surface area contributed by atoms with E-state index in [9.17, 15) is 5.11 Å². The summed E-state index contributed by atoms with van der Waals surface area (Å²) < 4.78 is 0. The first kappa shape index (κ1) is 14.0. The van der Waals surface area contributed by atoms with E-state index >= 15 is 0 Å². The zero-order valence-electron chi connectivity index (χ0n) is 12.3. The van der Waals surface area contributed by atoms with Gasteiger partial charge >= 0.3 is 0 Å². The predicted molar refractivity (Wildman–Crippen MR) is 86.4 cm³/mol. The molecule has 0 bridgehead atoms. The van der Waals surface area contributed by atoms with Crippen molar-refractivity contribution in [2.75, 3.05) is 18.4 Å². The summed E-state index contributed by atoms with van der Waals surface area (Å²) in [5.41, 5.74) is 3.37. The largest absolute Gasteiger partial charge is 0.508 e. The van der Waals surface area contributed by atoms with Gasteiger partial charge in [-0.1, -0.05) is 30.3 Å². The third kappa shape index (κ3) is 3.76. The SMILES string of the molecule is Oc1ccccc1CNc1ccc(CN2CCCC2)cc1. The minimum atomic E-state index is 0.343. The van der Waals surface area contributed by atoms with Gasteiger partial charge in [-0.2, -0.15) is 0 Å². The Morgan fingerprint density at radius 1 is 0.952 bits per heavy atom. The van der Waals surface area contributed by atoms with Crippen LogP contribution in [0, 0.1) is 0 Å². The van der Waals surface area contributed by atoms with Crippen LogP contribution in [0.2, 0.25) is 0 Å². The molecule has 3 heteroatoms. The third-order valence-corrected chi connectivity index (χ3v) is 4.03. The zero-order valence-corrected chi connectivity index (χ0v) is 12.3. The summed E-state index contributed by atoms with van der Waals surface area (Å²) in [5, 5.41) is 13.1. The zero-order chi connectivity index (χ0) is 14.5. The van der Waals surface area contributed by atoms with Gasteiger partial charge in [-0.05, 0) is 49.7 Å².